The maximum atomic E-state index is 2.66. The van der Waals surface area contributed by atoms with Gasteiger partial charge in [0.1, 0.15) is 0 Å². The van der Waals surface area contributed by atoms with E-state index in [1.165, 1.54) is 78.4 Å². The van der Waals surface area contributed by atoms with Crippen LogP contribution in [0.5, 0.6) is 0 Å². The fourth-order valence-electron chi connectivity index (χ4n) is 10.7. The van der Waals surface area contributed by atoms with E-state index < -0.39 is 0 Å². The molecule has 0 saturated carbocycles. The van der Waals surface area contributed by atoms with Crippen molar-refractivity contribution in [2.24, 2.45) is 5.92 Å². The van der Waals surface area contributed by atoms with Gasteiger partial charge in [-0.15, -0.1) is 0 Å². The van der Waals surface area contributed by atoms with E-state index in [1.807, 2.05) is 0 Å². The van der Waals surface area contributed by atoms with Gasteiger partial charge in [0.2, 0.25) is 0 Å². The van der Waals surface area contributed by atoms with Crippen LogP contribution in [0.2, 0.25) is 0 Å². The number of benzene rings is 6. The van der Waals surface area contributed by atoms with Crippen molar-refractivity contribution in [3.8, 4) is 22.3 Å². The van der Waals surface area contributed by atoms with E-state index in [9.17, 15) is 0 Å². The molecule has 66 heavy (non-hydrogen) atoms. The zero-order valence-corrected chi connectivity index (χ0v) is 38.6. The summed E-state index contributed by atoms with van der Waals surface area (Å²) >= 11 is 0. The summed E-state index contributed by atoms with van der Waals surface area (Å²) in [5.41, 5.74) is 18.2. The topological polar surface area (TPSA) is 6.48 Å². The zero-order valence-electron chi connectivity index (χ0n) is 38.6. The first kappa shape index (κ1) is 42.8. The first-order valence-corrected chi connectivity index (χ1v) is 24.0. The Labute approximate surface area is 393 Å². The molecule has 0 aliphatic heterocycles. The average molecular weight is 857 g/mol. The molecule has 0 saturated heterocycles. The highest BCUT2D eigenvalue weighted by atomic mass is 15.2. The van der Waals surface area contributed by atoms with E-state index in [0.29, 0.717) is 0 Å². The summed E-state index contributed by atoms with van der Waals surface area (Å²) in [6, 6.07) is 62.1. The maximum Gasteiger partial charge on any atom is 0.0566 e. The average Bonchev–Trinajstić information content (AvgIpc) is 3.39. The Morgan fingerprint density at radius 1 is 0.530 bits per heavy atom. The molecular weight excluding hydrogens is 797 g/mol. The van der Waals surface area contributed by atoms with Crippen LogP contribution in [0.25, 0.3) is 27.8 Å². The predicted molar refractivity (Wildman–Crippen MR) is 280 cm³/mol. The molecule has 4 aliphatic carbocycles. The zero-order chi connectivity index (χ0) is 44.9. The molecule has 0 aromatic heterocycles. The second kappa shape index (κ2) is 19.1. The Hall–Kier alpha value is -7.16. The van der Waals surface area contributed by atoms with Crippen LogP contribution in [-0.4, -0.2) is 17.0 Å². The van der Waals surface area contributed by atoms with Gasteiger partial charge in [0.15, 0.2) is 0 Å². The summed E-state index contributed by atoms with van der Waals surface area (Å²) in [6.45, 7) is 7.06. The SMILES string of the molecule is CC1=CCC(N(C2=CCC(C3=C(c4ccccc4)CC(N(c4ccc(-c5ccccc5)cc4)c4ccc(-c5ccccc5)cc4)C=C3)C=C2)C2=CC=CCC2)C=C1C(C)(C)c1ccccc1. The maximum absolute atomic E-state index is 2.66. The van der Waals surface area contributed by atoms with Crippen molar-refractivity contribution in [1.29, 1.82) is 0 Å². The second-order valence-corrected chi connectivity index (χ2v) is 18.7. The van der Waals surface area contributed by atoms with Gasteiger partial charge in [-0.05, 0) is 126 Å². The Morgan fingerprint density at radius 3 is 1.64 bits per heavy atom. The van der Waals surface area contributed by atoms with Gasteiger partial charge in [0, 0.05) is 34.1 Å². The molecule has 0 amide bonds. The second-order valence-electron chi connectivity index (χ2n) is 18.7. The largest absolute Gasteiger partial charge is 0.338 e. The van der Waals surface area contributed by atoms with Crippen molar-refractivity contribution in [2.45, 2.75) is 70.4 Å². The van der Waals surface area contributed by atoms with Crippen LogP contribution in [0.15, 0.2) is 259 Å². The van der Waals surface area contributed by atoms with E-state index >= 15 is 0 Å². The minimum absolute atomic E-state index is 0.104. The molecule has 326 valence electrons. The molecule has 0 N–H and O–H groups in total. The molecule has 2 nitrogen and oxygen atoms in total. The molecular formula is C64H60N2. The number of hydrogen-bond donors (Lipinski definition) is 0. The van der Waals surface area contributed by atoms with Crippen LogP contribution in [-0.2, 0) is 5.41 Å². The van der Waals surface area contributed by atoms with Crippen LogP contribution in [0, 0.1) is 5.92 Å². The van der Waals surface area contributed by atoms with E-state index in [4.69, 9.17) is 0 Å². The van der Waals surface area contributed by atoms with Gasteiger partial charge in [-0.3, -0.25) is 0 Å². The van der Waals surface area contributed by atoms with Crippen molar-refractivity contribution in [3.05, 3.63) is 270 Å². The summed E-state index contributed by atoms with van der Waals surface area (Å²) < 4.78 is 0. The number of rotatable bonds is 12. The lowest BCUT2D eigenvalue weighted by molar-refractivity contribution is 0.350. The smallest absolute Gasteiger partial charge is 0.0566 e. The summed E-state index contributed by atoms with van der Waals surface area (Å²) in [4.78, 5) is 5.20. The van der Waals surface area contributed by atoms with E-state index in [-0.39, 0.29) is 23.4 Å². The first-order valence-electron chi connectivity index (χ1n) is 24.0. The lowest BCUT2D eigenvalue weighted by Gasteiger charge is -2.41. The first-order chi connectivity index (χ1) is 32.4. The van der Waals surface area contributed by atoms with Gasteiger partial charge in [-0.2, -0.15) is 0 Å². The minimum atomic E-state index is -0.104. The molecule has 6 aromatic carbocycles. The van der Waals surface area contributed by atoms with Gasteiger partial charge >= 0.3 is 0 Å². The number of anilines is 2. The van der Waals surface area contributed by atoms with Crippen molar-refractivity contribution in [1.82, 2.24) is 4.90 Å². The van der Waals surface area contributed by atoms with Gasteiger partial charge in [0.05, 0.1) is 12.1 Å². The van der Waals surface area contributed by atoms with Crippen molar-refractivity contribution >= 4 is 16.9 Å². The molecule has 3 atom stereocenters. The third kappa shape index (κ3) is 8.93. The Balaban J connectivity index is 0.974. The quantitative estimate of drug-likeness (QED) is 0.121. The van der Waals surface area contributed by atoms with Gasteiger partial charge in [-0.25, -0.2) is 0 Å². The van der Waals surface area contributed by atoms with Gasteiger partial charge < -0.3 is 9.80 Å². The third-order valence-electron chi connectivity index (χ3n) is 14.2. The molecule has 10 rings (SSSR count). The predicted octanol–water partition coefficient (Wildman–Crippen LogP) is 16.6. The van der Waals surface area contributed by atoms with Crippen LogP contribution in [0.3, 0.4) is 0 Å². The monoisotopic (exact) mass is 856 g/mol. The number of hydrogen-bond acceptors (Lipinski definition) is 2. The normalized spacial score (nSPS) is 19.4. The molecule has 0 radical (unpaired) electrons. The van der Waals surface area contributed by atoms with E-state index in [0.717, 1.165) is 32.1 Å². The Morgan fingerprint density at radius 2 is 1.09 bits per heavy atom. The van der Waals surface area contributed by atoms with Crippen LogP contribution in [0.4, 0.5) is 11.4 Å². The lowest BCUT2D eigenvalue weighted by atomic mass is 9.72. The van der Waals surface area contributed by atoms with Crippen LogP contribution < -0.4 is 4.90 Å². The highest BCUT2D eigenvalue weighted by Gasteiger charge is 2.33. The Kier molecular flexibility index (Phi) is 12.4. The molecule has 2 heteroatoms. The molecule has 3 unspecified atom stereocenters. The highest BCUT2D eigenvalue weighted by Crippen LogP contribution is 2.44. The summed E-state index contributed by atoms with van der Waals surface area (Å²) in [5, 5.41) is 0. The molecule has 0 heterocycles. The summed E-state index contributed by atoms with van der Waals surface area (Å²) in [6.07, 6.45) is 29.3. The summed E-state index contributed by atoms with van der Waals surface area (Å²) in [7, 11) is 0. The summed E-state index contributed by atoms with van der Waals surface area (Å²) in [5.74, 6) is 0.267. The molecule has 6 aromatic rings. The van der Waals surface area contributed by atoms with Gasteiger partial charge in [-0.1, -0.05) is 214 Å². The number of allylic oxidation sites excluding steroid dienone is 11. The van der Waals surface area contributed by atoms with E-state index in [1.54, 1.807) is 0 Å². The highest BCUT2D eigenvalue weighted by molar-refractivity contribution is 5.78. The fourth-order valence-corrected chi connectivity index (χ4v) is 10.7. The van der Waals surface area contributed by atoms with Crippen LogP contribution in [0.1, 0.15) is 64.0 Å². The fraction of sp³-hybridized carbons (Fsp3) is 0.188. The van der Waals surface area contributed by atoms with Crippen LogP contribution >= 0.6 is 0 Å². The Bertz CT molecular complexity index is 2800. The van der Waals surface area contributed by atoms with Crippen molar-refractivity contribution < 1.29 is 0 Å². The molecule has 0 bridgehead atoms. The van der Waals surface area contributed by atoms with E-state index in [2.05, 4.69) is 261 Å². The third-order valence-corrected chi connectivity index (χ3v) is 14.2. The molecule has 0 spiro atoms. The lowest BCUT2D eigenvalue weighted by Crippen LogP contribution is -2.36. The number of nitrogens with zero attached hydrogens (tertiary/aromatic N) is 2. The van der Waals surface area contributed by atoms with Gasteiger partial charge in [0.25, 0.3) is 0 Å². The standard InChI is InChI=1S/C64H60N2/c1-47-29-36-60(46-63(47)64(2,3)54-25-15-7-16-26-54)65(55-27-17-8-18-28-55)58-41-34-53(35-42-58)61-44-43-59(45-62(61)52-23-13-6-14-24-52)66(56-37-30-50(31-38-56)48-19-9-4-10-20-48)57-39-32-51(33-40-57)49-21-11-5-12-22-49/h4-17,19-27,29-34,37-44,46,53,59-60H,18,28,35-36,45H2,1-3H3. The minimum Gasteiger partial charge on any atom is -0.338 e. The molecule has 4 aliphatic rings. The van der Waals surface area contributed by atoms with Crippen molar-refractivity contribution in [2.75, 3.05) is 4.90 Å². The van der Waals surface area contributed by atoms with Crippen molar-refractivity contribution in [3.63, 3.8) is 0 Å². The molecule has 0 fully saturated rings.